The van der Waals surface area contributed by atoms with Gasteiger partial charge in [-0.3, -0.25) is 0 Å². The van der Waals surface area contributed by atoms with Gasteiger partial charge in [0.05, 0.1) is 16.6 Å². The smallest absolute Gasteiger partial charge is 0.129 e. The minimum absolute atomic E-state index is 0.258. The largest absolute Gasteiger partial charge is 0.329 e. The van der Waals surface area contributed by atoms with Gasteiger partial charge < -0.3 is 10.3 Å². The molecule has 2 N–H and O–H groups in total. The Morgan fingerprint density at radius 1 is 1.40 bits per heavy atom. The third-order valence-electron chi connectivity index (χ3n) is 2.42. The highest BCUT2D eigenvalue weighted by Crippen LogP contribution is 2.22. The first-order valence-electron chi connectivity index (χ1n) is 4.81. The van der Waals surface area contributed by atoms with Crippen LogP contribution in [-0.2, 0) is 12.6 Å². The molecule has 2 aromatic rings. The summed E-state index contributed by atoms with van der Waals surface area (Å²) in [4.78, 5) is 4.40. The van der Waals surface area contributed by atoms with Gasteiger partial charge in [0.1, 0.15) is 11.6 Å². The zero-order valence-corrected chi connectivity index (χ0v) is 9.08. The second-order valence-electron chi connectivity index (χ2n) is 4.35. The Labute approximate surface area is 87.7 Å². The van der Waals surface area contributed by atoms with E-state index >= 15 is 0 Å². The monoisotopic (exact) mass is 207 g/mol. The maximum atomic E-state index is 13.1. The van der Waals surface area contributed by atoms with Crippen LogP contribution in [0.3, 0.4) is 0 Å². The molecule has 0 radical (unpaired) electrons. The number of rotatable bonds is 1. The summed E-state index contributed by atoms with van der Waals surface area (Å²) in [7, 11) is 1.85. The van der Waals surface area contributed by atoms with Crippen molar-refractivity contribution in [3.05, 3.63) is 29.8 Å². The first kappa shape index (κ1) is 10.1. The van der Waals surface area contributed by atoms with E-state index in [0.29, 0.717) is 0 Å². The molecule has 0 saturated carbocycles. The average molecular weight is 207 g/mol. The molecule has 1 aromatic heterocycles. The number of aromatic nitrogens is 2. The van der Waals surface area contributed by atoms with E-state index in [2.05, 4.69) is 4.98 Å². The van der Waals surface area contributed by atoms with E-state index in [0.717, 1.165) is 16.9 Å². The zero-order chi connectivity index (χ0) is 11.2. The number of benzene rings is 1. The standard InChI is InChI=1S/C11H14FN3/c1-11(2,13)10-14-8-5-4-7(12)6-9(8)15(10)3/h4-6H,13H2,1-3H3. The van der Waals surface area contributed by atoms with E-state index in [9.17, 15) is 4.39 Å². The molecule has 0 aliphatic carbocycles. The topological polar surface area (TPSA) is 43.8 Å². The number of aryl methyl sites for hydroxylation is 1. The summed E-state index contributed by atoms with van der Waals surface area (Å²) in [5.41, 5.74) is 7.00. The Hall–Kier alpha value is -1.42. The SMILES string of the molecule is Cn1c(C(C)(C)N)nc2ccc(F)cc21. The lowest BCUT2D eigenvalue weighted by molar-refractivity contribution is 0.497. The lowest BCUT2D eigenvalue weighted by Crippen LogP contribution is -2.32. The fraction of sp³-hybridized carbons (Fsp3) is 0.364. The van der Waals surface area contributed by atoms with Gasteiger partial charge in [-0.1, -0.05) is 0 Å². The van der Waals surface area contributed by atoms with Crippen LogP contribution in [0.4, 0.5) is 4.39 Å². The van der Waals surface area contributed by atoms with Gasteiger partial charge in [-0.25, -0.2) is 9.37 Å². The lowest BCUT2D eigenvalue weighted by atomic mass is 10.1. The molecule has 0 amide bonds. The zero-order valence-electron chi connectivity index (χ0n) is 9.08. The molecule has 0 saturated heterocycles. The van der Waals surface area contributed by atoms with Crippen molar-refractivity contribution in [1.82, 2.24) is 9.55 Å². The van der Waals surface area contributed by atoms with Crippen molar-refractivity contribution in [3.8, 4) is 0 Å². The molecular formula is C11H14FN3. The molecule has 0 bridgehead atoms. The Morgan fingerprint density at radius 3 is 2.67 bits per heavy atom. The van der Waals surface area contributed by atoms with Gasteiger partial charge in [-0.2, -0.15) is 0 Å². The second kappa shape index (κ2) is 3.03. The first-order chi connectivity index (χ1) is 6.89. The minimum atomic E-state index is -0.524. The molecule has 0 unspecified atom stereocenters. The van der Waals surface area contributed by atoms with Crippen LogP contribution in [0.1, 0.15) is 19.7 Å². The molecule has 2 rings (SSSR count). The van der Waals surface area contributed by atoms with E-state index in [1.165, 1.54) is 12.1 Å². The molecule has 0 aliphatic rings. The summed E-state index contributed by atoms with van der Waals surface area (Å²) < 4.78 is 14.9. The number of fused-ring (bicyclic) bond motifs is 1. The average Bonchev–Trinajstić information content (AvgIpc) is 2.43. The summed E-state index contributed by atoms with van der Waals surface area (Å²) in [6, 6.07) is 4.54. The summed E-state index contributed by atoms with van der Waals surface area (Å²) in [5, 5.41) is 0. The summed E-state index contributed by atoms with van der Waals surface area (Å²) in [5.74, 6) is 0.495. The molecule has 80 valence electrons. The van der Waals surface area contributed by atoms with Gasteiger partial charge >= 0.3 is 0 Å². The summed E-state index contributed by atoms with van der Waals surface area (Å²) >= 11 is 0. The highest BCUT2D eigenvalue weighted by atomic mass is 19.1. The predicted octanol–water partition coefficient (Wildman–Crippen LogP) is 1.91. The molecular weight excluding hydrogens is 193 g/mol. The normalized spacial score (nSPS) is 12.3. The minimum Gasteiger partial charge on any atom is -0.329 e. The van der Waals surface area contributed by atoms with Crippen LogP contribution in [0.5, 0.6) is 0 Å². The maximum absolute atomic E-state index is 13.1. The van der Waals surface area contributed by atoms with Gasteiger partial charge in [0.25, 0.3) is 0 Å². The highest BCUT2D eigenvalue weighted by Gasteiger charge is 2.21. The summed E-state index contributed by atoms with van der Waals surface area (Å²) in [6.07, 6.45) is 0. The van der Waals surface area contributed by atoms with Crippen molar-refractivity contribution in [2.24, 2.45) is 12.8 Å². The van der Waals surface area contributed by atoms with Gasteiger partial charge in [0, 0.05) is 7.05 Å². The van der Waals surface area contributed by atoms with Crippen molar-refractivity contribution in [1.29, 1.82) is 0 Å². The molecule has 1 aromatic carbocycles. The predicted molar refractivity (Wildman–Crippen MR) is 57.9 cm³/mol. The van der Waals surface area contributed by atoms with Crippen LogP contribution < -0.4 is 5.73 Å². The fourth-order valence-corrected chi connectivity index (χ4v) is 1.74. The maximum Gasteiger partial charge on any atom is 0.129 e. The van der Waals surface area contributed by atoms with E-state index in [1.807, 2.05) is 25.5 Å². The molecule has 0 fully saturated rings. The first-order valence-corrected chi connectivity index (χ1v) is 4.81. The summed E-state index contributed by atoms with van der Waals surface area (Å²) in [6.45, 7) is 3.76. The third kappa shape index (κ3) is 1.61. The second-order valence-corrected chi connectivity index (χ2v) is 4.35. The van der Waals surface area contributed by atoms with E-state index in [4.69, 9.17) is 5.73 Å². The van der Waals surface area contributed by atoms with Crippen LogP contribution in [0, 0.1) is 5.82 Å². The number of hydrogen-bond donors (Lipinski definition) is 1. The van der Waals surface area contributed by atoms with Crippen LogP contribution in [0.15, 0.2) is 18.2 Å². The van der Waals surface area contributed by atoms with Gasteiger partial charge in [-0.05, 0) is 32.0 Å². The van der Waals surface area contributed by atoms with E-state index < -0.39 is 5.54 Å². The fourth-order valence-electron chi connectivity index (χ4n) is 1.74. The van der Waals surface area contributed by atoms with Gasteiger partial charge in [0.15, 0.2) is 0 Å². The van der Waals surface area contributed by atoms with Crippen molar-refractivity contribution < 1.29 is 4.39 Å². The van der Waals surface area contributed by atoms with Gasteiger partial charge in [0.2, 0.25) is 0 Å². The lowest BCUT2D eigenvalue weighted by Gasteiger charge is -2.17. The number of nitrogens with zero attached hydrogens (tertiary/aromatic N) is 2. The number of hydrogen-bond acceptors (Lipinski definition) is 2. The van der Waals surface area contributed by atoms with Crippen LogP contribution in [0.2, 0.25) is 0 Å². The number of halogens is 1. The Morgan fingerprint density at radius 2 is 2.07 bits per heavy atom. The molecule has 15 heavy (non-hydrogen) atoms. The molecule has 0 aliphatic heterocycles. The molecule has 4 heteroatoms. The quantitative estimate of drug-likeness (QED) is 0.776. The molecule has 0 atom stereocenters. The number of imidazole rings is 1. The Balaban J connectivity index is 2.76. The van der Waals surface area contributed by atoms with Crippen LogP contribution >= 0.6 is 0 Å². The van der Waals surface area contributed by atoms with E-state index in [-0.39, 0.29) is 5.82 Å². The third-order valence-corrected chi connectivity index (χ3v) is 2.42. The van der Waals surface area contributed by atoms with Gasteiger partial charge in [-0.15, -0.1) is 0 Å². The molecule has 1 heterocycles. The number of nitrogens with two attached hydrogens (primary N) is 1. The van der Waals surface area contributed by atoms with E-state index in [1.54, 1.807) is 6.07 Å². The highest BCUT2D eigenvalue weighted by molar-refractivity contribution is 5.76. The molecule has 3 nitrogen and oxygen atoms in total. The van der Waals surface area contributed by atoms with Crippen molar-refractivity contribution >= 4 is 11.0 Å². The van der Waals surface area contributed by atoms with Crippen molar-refractivity contribution in [3.63, 3.8) is 0 Å². The van der Waals surface area contributed by atoms with Crippen molar-refractivity contribution in [2.45, 2.75) is 19.4 Å². The van der Waals surface area contributed by atoms with Crippen molar-refractivity contribution in [2.75, 3.05) is 0 Å². The van der Waals surface area contributed by atoms with Crippen LogP contribution in [-0.4, -0.2) is 9.55 Å². The Kier molecular flexibility index (Phi) is 2.04. The Bertz CT molecular complexity index is 508. The van der Waals surface area contributed by atoms with Crippen LogP contribution in [0.25, 0.3) is 11.0 Å². The molecule has 0 spiro atoms.